The molecule has 1 fully saturated rings. The van der Waals surface area contributed by atoms with Gasteiger partial charge in [-0.3, -0.25) is 23.9 Å². The zero-order chi connectivity index (χ0) is 25.3. The largest absolute Gasteiger partial charge is 0.494 e. The summed E-state index contributed by atoms with van der Waals surface area (Å²) in [4.78, 5) is 44.3. The average molecular weight is 479 g/mol. The summed E-state index contributed by atoms with van der Waals surface area (Å²) in [5.74, 6) is -1.14. The van der Waals surface area contributed by atoms with Gasteiger partial charge in [0, 0.05) is 50.2 Å². The number of nitrogens with one attached hydrogen (secondary N) is 1. The molecule has 0 spiro atoms. The fourth-order valence-electron chi connectivity index (χ4n) is 3.91. The van der Waals surface area contributed by atoms with Gasteiger partial charge in [0.2, 0.25) is 11.8 Å². The quantitative estimate of drug-likeness (QED) is 0.479. The van der Waals surface area contributed by atoms with E-state index in [0.29, 0.717) is 30.0 Å². The van der Waals surface area contributed by atoms with Crippen LogP contribution < -0.4 is 10.9 Å². The Morgan fingerprint density at radius 2 is 2.09 bits per heavy atom. The Bertz CT molecular complexity index is 1350. The summed E-state index contributed by atoms with van der Waals surface area (Å²) in [6.07, 6.45) is 8.09. The van der Waals surface area contributed by atoms with Crippen LogP contribution in [0.3, 0.4) is 0 Å². The minimum absolute atomic E-state index is 0.0306. The van der Waals surface area contributed by atoms with Crippen molar-refractivity contribution in [3.05, 3.63) is 63.3 Å². The van der Waals surface area contributed by atoms with E-state index in [4.69, 9.17) is 0 Å². The van der Waals surface area contributed by atoms with Crippen LogP contribution >= 0.6 is 0 Å². The van der Waals surface area contributed by atoms with Crippen molar-refractivity contribution >= 4 is 23.5 Å². The van der Waals surface area contributed by atoms with Crippen LogP contribution in [0, 0.1) is 12.8 Å². The van der Waals surface area contributed by atoms with E-state index < -0.39 is 17.3 Å². The molecule has 184 valence electrons. The van der Waals surface area contributed by atoms with Gasteiger partial charge in [-0.2, -0.15) is 9.61 Å². The number of nitrogens with zero attached hydrogens (tertiary/aromatic N) is 5. The maximum absolute atomic E-state index is 13.2. The summed E-state index contributed by atoms with van der Waals surface area (Å²) in [7, 11) is 1.69. The first kappa shape index (κ1) is 24.2. The number of carbonyl (C=O) groups is 2. The van der Waals surface area contributed by atoms with Crippen LogP contribution in [0.2, 0.25) is 0 Å². The van der Waals surface area contributed by atoms with Crippen molar-refractivity contribution in [3.63, 3.8) is 0 Å². The van der Waals surface area contributed by atoms with Crippen LogP contribution in [-0.4, -0.2) is 54.1 Å². The molecular weight excluding hydrogens is 448 g/mol. The smallest absolute Gasteiger partial charge is 0.291 e. The van der Waals surface area contributed by atoms with Gasteiger partial charge in [-0.25, -0.2) is 0 Å². The number of rotatable bonds is 8. The summed E-state index contributed by atoms with van der Waals surface area (Å²) >= 11 is 0. The normalized spacial score (nSPS) is 13.6. The van der Waals surface area contributed by atoms with Crippen molar-refractivity contribution in [1.29, 1.82) is 0 Å². The molecule has 2 N–H and O–H groups in total. The van der Waals surface area contributed by atoms with Gasteiger partial charge in [0.25, 0.3) is 11.5 Å². The molecular formula is C25H30N6O4. The predicted molar refractivity (Wildman–Crippen MR) is 131 cm³/mol. The standard InChI is InChI=1S/C25H30N6O4/c1-15(2)13-30-23-19(9-10-20(32)29(4)14-17-6-5-11-26-12-17)16(3)28-31(23)25(35)21(24(30)34)22(33)27-18-7-8-18/h5-6,9-12,15,18,34H,7-8,13-14H2,1-4H3,(H,27,33)/b10-9+. The molecule has 1 aliphatic carbocycles. The zero-order valence-corrected chi connectivity index (χ0v) is 20.4. The third-order valence-electron chi connectivity index (χ3n) is 5.82. The number of pyridine rings is 1. The Morgan fingerprint density at radius 1 is 1.34 bits per heavy atom. The lowest BCUT2D eigenvalue weighted by Crippen LogP contribution is -2.34. The van der Waals surface area contributed by atoms with Crippen LogP contribution in [0.1, 0.15) is 53.9 Å². The van der Waals surface area contributed by atoms with Crippen molar-refractivity contribution in [2.45, 2.75) is 52.7 Å². The SMILES string of the molecule is Cc1nn2c(=O)c(C(=O)NC3CC3)c(O)n(CC(C)C)c2c1/C=C/C(=O)N(C)Cc1cccnc1. The highest BCUT2D eigenvalue weighted by atomic mass is 16.3. The molecule has 0 saturated heterocycles. The third-order valence-corrected chi connectivity index (χ3v) is 5.82. The number of likely N-dealkylation sites (N-methyl/N-ethyl adjacent to an activating group) is 1. The van der Waals surface area contributed by atoms with Gasteiger partial charge in [-0.05, 0) is 43.4 Å². The number of hydrogen-bond acceptors (Lipinski definition) is 6. The highest BCUT2D eigenvalue weighted by Gasteiger charge is 2.30. The van der Waals surface area contributed by atoms with Gasteiger partial charge < -0.3 is 15.3 Å². The molecule has 35 heavy (non-hydrogen) atoms. The summed E-state index contributed by atoms with van der Waals surface area (Å²) in [6, 6.07) is 3.73. The minimum atomic E-state index is -0.696. The second kappa shape index (κ2) is 9.73. The second-order valence-electron chi connectivity index (χ2n) is 9.38. The number of aromatic hydroxyl groups is 1. The van der Waals surface area contributed by atoms with Crippen LogP contribution in [0.15, 0.2) is 35.4 Å². The third kappa shape index (κ3) is 5.11. The lowest BCUT2D eigenvalue weighted by molar-refractivity contribution is -0.125. The van der Waals surface area contributed by atoms with E-state index in [1.807, 2.05) is 26.0 Å². The Morgan fingerprint density at radius 3 is 2.71 bits per heavy atom. The highest BCUT2D eigenvalue weighted by Crippen LogP contribution is 2.26. The molecule has 10 heteroatoms. The second-order valence-corrected chi connectivity index (χ2v) is 9.38. The maximum atomic E-state index is 13.2. The maximum Gasteiger partial charge on any atom is 0.291 e. The van der Waals surface area contributed by atoms with Crippen molar-refractivity contribution in [1.82, 2.24) is 29.4 Å². The first-order valence-electron chi connectivity index (χ1n) is 11.7. The molecule has 2 amide bonds. The highest BCUT2D eigenvalue weighted by molar-refractivity contribution is 5.97. The zero-order valence-electron chi connectivity index (χ0n) is 20.4. The van der Waals surface area contributed by atoms with Gasteiger partial charge in [-0.1, -0.05) is 19.9 Å². The average Bonchev–Trinajstić information content (AvgIpc) is 3.56. The molecule has 0 bridgehead atoms. The number of amides is 2. The topological polar surface area (TPSA) is 122 Å². The number of hydrogen-bond donors (Lipinski definition) is 2. The number of aromatic nitrogens is 4. The van der Waals surface area contributed by atoms with Crippen LogP contribution in [0.4, 0.5) is 0 Å². The minimum Gasteiger partial charge on any atom is -0.494 e. The van der Waals surface area contributed by atoms with Crippen molar-refractivity contribution in [2.75, 3.05) is 7.05 Å². The predicted octanol–water partition coefficient (Wildman–Crippen LogP) is 2.13. The number of fused-ring (bicyclic) bond motifs is 1. The first-order chi connectivity index (χ1) is 16.7. The molecule has 1 saturated carbocycles. The van der Waals surface area contributed by atoms with Gasteiger partial charge in [0.1, 0.15) is 5.65 Å². The lowest BCUT2D eigenvalue weighted by Gasteiger charge is -2.17. The molecule has 4 rings (SSSR count). The summed E-state index contributed by atoms with van der Waals surface area (Å²) in [6.45, 7) is 6.39. The van der Waals surface area contributed by atoms with Crippen molar-refractivity contribution in [2.24, 2.45) is 5.92 Å². The van der Waals surface area contributed by atoms with E-state index in [1.54, 1.807) is 37.3 Å². The first-order valence-corrected chi connectivity index (χ1v) is 11.7. The van der Waals surface area contributed by atoms with Gasteiger partial charge >= 0.3 is 0 Å². The molecule has 0 radical (unpaired) electrons. The molecule has 3 aromatic heterocycles. The van der Waals surface area contributed by atoms with E-state index >= 15 is 0 Å². The fraction of sp³-hybridized carbons (Fsp3) is 0.400. The monoisotopic (exact) mass is 478 g/mol. The molecule has 10 nitrogen and oxygen atoms in total. The Hall–Kier alpha value is -3.95. The molecule has 0 atom stereocenters. The van der Waals surface area contributed by atoms with Gasteiger partial charge in [0.05, 0.1) is 5.69 Å². The van der Waals surface area contributed by atoms with Crippen LogP contribution in [-0.2, 0) is 17.9 Å². The number of aryl methyl sites for hydroxylation is 1. The lowest BCUT2D eigenvalue weighted by atomic mass is 10.1. The Kier molecular flexibility index (Phi) is 6.72. The summed E-state index contributed by atoms with van der Waals surface area (Å²) in [5.41, 5.74) is 1.24. The van der Waals surface area contributed by atoms with E-state index in [2.05, 4.69) is 15.4 Å². The Balaban J connectivity index is 1.74. The molecule has 0 aliphatic heterocycles. The summed E-state index contributed by atoms with van der Waals surface area (Å²) in [5, 5.41) is 18.2. The van der Waals surface area contributed by atoms with E-state index in [9.17, 15) is 19.5 Å². The van der Waals surface area contributed by atoms with Gasteiger partial charge in [0.15, 0.2) is 5.56 Å². The molecule has 3 aromatic rings. The Labute approximate surface area is 202 Å². The molecule has 1 aliphatic rings. The van der Waals surface area contributed by atoms with Gasteiger partial charge in [-0.15, -0.1) is 0 Å². The molecule has 0 aromatic carbocycles. The van der Waals surface area contributed by atoms with Crippen LogP contribution in [0.25, 0.3) is 11.7 Å². The molecule has 0 unspecified atom stereocenters. The van der Waals surface area contributed by atoms with Crippen LogP contribution in [0.5, 0.6) is 5.88 Å². The number of carbonyl (C=O) groups excluding carboxylic acids is 2. The van der Waals surface area contributed by atoms with Crippen molar-refractivity contribution < 1.29 is 14.7 Å². The van der Waals surface area contributed by atoms with E-state index in [1.165, 1.54) is 10.6 Å². The van der Waals surface area contributed by atoms with E-state index in [-0.39, 0.29) is 23.4 Å². The van der Waals surface area contributed by atoms with Crippen molar-refractivity contribution in [3.8, 4) is 5.88 Å². The van der Waals surface area contributed by atoms with E-state index in [0.717, 1.165) is 22.9 Å². The summed E-state index contributed by atoms with van der Waals surface area (Å²) < 4.78 is 2.67. The molecule has 3 heterocycles. The fourth-order valence-corrected chi connectivity index (χ4v) is 3.91.